The average molecular weight is 267 g/mol. The number of hydrogen-bond donors (Lipinski definition) is 1. The van der Waals surface area contributed by atoms with Crippen molar-refractivity contribution in [2.45, 2.75) is 0 Å². The van der Waals surface area contributed by atoms with Gasteiger partial charge in [0.1, 0.15) is 0 Å². The molecule has 0 aliphatic rings. The Morgan fingerprint density at radius 2 is 1.90 bits per heavy atom. The first-order valence-electron chi connectivity index (χ1n) is 6.04. The molecule has 1 heterocycles. The Kier molecular flexibility index (Phi) is 3.96. The lowest BCUT2D eigenvalue weighted by atomic mass is 10.0. The summed E-state index contributed by atoms with van der Waals surface area (Å²) in [5, 5.41) is 11.7. The summed E-state index contributed by atoms with van der Waals surface area (Å²) in [4.78, 5) is 24.2. The molecule has 2 rings (SSSR count). The van der Waals surface area contributed by atoms with Crippen LogP contribution >= 0.6 is 0 Å². The number of nitrogens with zero attached hydrogens (tertiary/aromatic N) is 2. The highest BCUT2D eigenvalue weighted by Crippen LogP contribution is 2.13. The number of ketones is 1. The number of hydrogen-bond acceptors (Lipinski definition) is 3. The standard InChI is InChI=1S/C15H13N3O2/c1-18-9-5-8-13(18)14(19)12(10-16)15(20)17-11-6-3-2-4-7-11/h2-9,12H,1H3,(H,17,20)/t12-/m0/s1. The molecule has 0 saturated heterocycles. The van der Waals surface area contributed by atoms with Gasteiger partial charge in [-0.3, -0.25) is 9.59 Å². The lowest BCUT2D eigenvalue weighted by molar-refractivity contribution is -0.117. The molecule has 1 aromatic heterocycles. The van der Waals surface area contributed by atoms with Gasteiger partial charge in [0.2, 0.25) is 11.7 Å². The third kappa shape index (κ3) is 2.75. The van der Waals surface area contributed by atoms with Crippen molar-refractivity contribution >= 4 is 17.4 Å². The van der Waals surface area contributed by atoms with Crippen LogP contribution in [0.5, 0.6) is 0 Å². The molecule has 1 amide bonds. The van der Waals surface area contributed by atoms with Crippen LogP contribution in [0.3, 0.4) is 0 Å². The van der Waals surface area contributed by atoms with E-state index in [4.69, 9.17) is 5.26 Å². The van der Waals surface area contributed by atoms with Gasteiger partial charge in [0.25, 0.3) is 0 Å². The van der Waals surface area contributed by atoms with Crippen LogP contribution in [0.15, 0.2) is 48.7 Å². The van der Waals surface area contributed by atoms with E-state index in [2.05, 4.69) is 5.32 Å². The number of benzene rings is 1. The fourth-order valence-corrected chi connectivity index (χ4v) is 1.84. The molecule has 0 bridgehead atoms. The summed E-state index contributed by atoms with van der Waals surface area (Å²) in [6, 6.07) is 13.8. The number of anilines is 1. The van der Waals surface area contributed by atoms with Crippen LogP contribution in [0.4, 0.5) is 5.69 Å². The predicted octanol–water partition coefficient (Wildman–Crippen LogP) is 1.99. The second kappa shape index (κ2) is 5.85. The molecule has 0 unspecified atom stereocenters. The molecule has 0 saturated carbocycles. The zero-order chi connectivity index (χ0) is 14.5. The summed E-state index contributed by atoms with van der Waals surface area (Å²) < 4.78 is 1.59. The van der Waals surface area contributed by atoms with E-state index >= 15 is 0 Å². The number of rotatable bonds is 4. The first-order valence-corrected chi connectivity index (χ1v) is 6.04. The molecular formula is C15H13N3O2. The Morgan fingerprint density at radius 3 is 2.45 bits per heavy atom. The predicted molar refractivity (Wildman–Crippen MR) is 73.9 cm³/mol. The van der Waals surface area contributed by atoms with Gasteiger partial charge < -0.3 is 9.88 Å². The fraction of sp³-hybridized carbons (Fsp3) is 0.133. The Labute approximate surface area is 116 Å². The Bertz CT molecular complexity index is 668. The lowest BCUT2D eigenvalue weighted by Crippen LogP contribution is -2.29. The van der Waals surface area contributed by atoms with Crippen molar-refractivity contribution in [3.8, 4) is 6.07 Å². The van der Waals surface area contributed by atoms with E-state index in [1.54, 1.807) is 60.3 Å². The third-order valence-corrected chi connectivity index (χ3v) is 2.89. The van der Waals surface area contributed by atoms with E-state index in [0.29, 0.717) is 11.4 Å². The van der Waals surface area contributed by atoms with E-state index in [1.165, 1.54) is 0 Å². The first-order chi connectivity index (χ1) is 9.63. The Morgan fingerprint density at radius 1 is 1.20 bits per heavy atom. The zero-order valence-corrected chi connectivity index (χ0v) is 10.9. The van der Waals surface area contributed by atoms with Crippen LogP contribution in [-0.2, 0) is 11.8 Å². The SMILES string of the molecule is Cn1cccc1C(=O)[C@H](C#N)C(=O)Nc1ccccc1. The van der Waals surface area contributed by atoms with Gasteiger partial charge in [-0.1, -0.05) is 18.2 Å². The summed E-state index contributed by atoms with van der Waals surface area (Å²) in [5.74, 6) is -2.48. The molecular weight excluding hydrogens is 254 g/mol. The normalized spacial score (nSPS) is 11.4. The fourth-order valence-electron chi connectivity index (χ4n) is 1.84. The molecule has 5 heteroatoms. The second-order valence-electron chi connectivity index (χ2n) is 4.29. The van der Waals surface area contributed by atoms with Crippen molar-refractivity contribution in [2.24, 2.45) is 13.0 Å². The topological polar surface area (TPSA) is 74.9 Å². The number of carbonyl (C=O) groups excluding carboxylic acids is 2. The minimum Gasteiger partial charge on any atom is -0.348 e. The van der Waals surface area contributed by atoms with Crippen molar-refractivity contribution in [1.29, 1.82) is 5.26 Å². The molecule has 20 heavy (non-hydrogen) atoms. The molecule has 5 nitrogen and oxygen atoms in total. The molecule has 0 radical (unpaired) electrons. The van der Waals surface area contributed by atoms with E-state index in [1.807, 2.05) is 6.07 Å². The Balaban J connectivity index is 2.17. The van der Waals surface area contributed by atoms with Crippen LogP contribution in [0, 0.1) is 17.2 Å². The number of amides is 1. The molecule has 1 N–H and O–H groups in total. The monoisotopic (exact) mass is 267 g/mol. The largest absolute Gasteiger partial charge is 0.348 e. The highest BCUT2D eigenvalue weighted by Gasteiger charge is 2.28. The second-order valence-corrected chi connectivity index (χ2v) is 4.29. The van der Waals surface area contributed by atoms with E-state index in [0.717, 1.165) is 0 Å². The van der Waals surface area contributed by atoms with E-state index < -0.39 is 17.6 Å². The summed E-state index contributed by atoms with van der Waals surface area (Å²) >= 11 is 0. The zero-order valence-electron chi connectivity index (χ0n) is 10.9. The summed E-state index contributed by atoms with van der Waals surface area (Å²) in [7, 11) is 1.69. The van der Waals surface area contributed by atoms with Crippen molar-refractivity contribution in [1.82, 2.24) is 4.57 Å². The van der Waals surface area contributed by atoms with Gasteiger partial charge in [-0.05, 0) is 24.3 Å². The van der Waals surface area contributed by atoms with Gasteiger partial charge in [0.05, 0.1) is 11.8 Å². The van der Waals surface area contributed by atoms with Crippen molar-refractivity contribution in [3.05, 3.63) is 54.4 Å². The Hall–Kier alpha value is -2.87. The number of para-hydroxylation sites is 1. The van der Waals surface area contributed by atoms with Crippen LogP contribution in [0.2, 0.25) is 0 Å². The van der Waals surface area contributed by atoms with Gasteiger partial charge in [-0.15, -0.1) is 0 Å². The van der Waals surface area contributed by atoms with Crippen molar-refractivity contribution in [2.75, 3.05) is 5.32 Å². The maximum Gasteiger partial charge on any atom is 0.249 e. The quantitative estimate of drug-likeness (QED) is 0.680. The number of aryl methyl sites for hydroxylation is 1. The molecule has 100 valence electrons. The molecule has 0 spiro atoms. The molecule has 1 atom stereocenters. The first kappa shape index (κ1) is 13.6. The van der Waals surface area contributed by atoms with Crippen molar-refractivity contribution in [3.63, 3.8) is 0 Å². The van der Waals surface area contributed by atoms with Gasteiger partial charge in [0, 0.05) is 18.9 Å². The molecule has 0 aliphatic carbocycles. The van der Waals surface area contributed by atoms with Crippen molar-refractivity contribution < 1.29 is 9.59 Å². The number of Topliss-reactive ketones (excluding diaryl/α,β-unsaturated/α-hetero) is 1. The van der Waals surface area contributed by atoms with Crippen LogP contribution < -0.4 is 5.32 Å². The highest BCUT2D eigenvalue weighted by molar-refractivity contribution is 6.15. The van der Waals surface area contributed by atoms with E-state index in [-0.39, 0.29) is 0 Å². The van der Waals surface area contributed by atoms with Gasteiger partial charge in [-0.2, -0.15) is 5.26 Å². The molecule has 0 aliphatic heterocycles. The summed E-state index contributed by atoms with van der Waals surface area (Å²) in [5.41, 5.74) is 0.886. The van der Waals surface area contributed by atoms with E-state index in [9.17, 15) is 9.59 Å². The van der Waals surface area contributed by atoms with Crippen LogP contribution in [0.1, 0.15) is 10.5 Å². The lowest BCUT2D eigenvalue weighted by Gasteiger charge is -2.10. The smallest absolute Gasteiger partial charge is 0.249 e. The maximum absolute atomic E-state index is 12.2. The highest BCUT2D eigenvalue weighted by atomic mass is 16.2. The number of carbonyl (C=O) groups is 2. The minimum atomic E-state index is -1.36. The minimum absolute atomic E-state index is 0.333. The number of nitriles is 1. The number of nitrogens with one attached hydrogen (secondary N) is 1. The maximum atomic E-state index is 12.2. The molecule has 2 aromatic rings. The van der Waals surface area contributed by atoms with Crippen LogP contribution in [0.25, 0.3) is 0 Å². The average Bonchev–Trinajstić information content (AvgIpc) is 2.86. The summed E-state index contributed by atoms with van der Waals surface area (Å²) in [6.07, 6.45) is 1.69. The summed E-state index contributed by atoms with van der Waals surface area (Å²) in [6.45, 7) is 0. The number of aromatic nitrogens is 1. The van der Waals surface area contributed by atoms with Gasteiger partial charge in [0.15, 0.2) is 5.92 Å². The third-order valence-electron chi connectivity index (χ3n) is 2.89. The molecule has 1 aromatic carbocycles. The van der Waals surface area contributed by atoms with Crippen LogP contribution in [-0.4, -0.2) is 16.3 Å². The molecule has 0 fully saturated rings. The van der Waals surface area contributed by atoms with Gasteiger partial charge in [-0.25, -0.2) is 0 Å². The van der Waals surface area contributed by atoms with Gasteiger partial charge >= 0.3 is 0 Å².